The second-order valence-electron chi connectivity index (χ2n) is 4.97. The zero-order valence-corrected chi connectivity index (χ0v) is 9.51. The Labute approximate surface area is 101 Å². The maximum absolute atomic E-state index is 12.6. The van der Waals surface area contributed by atoms with Gasteiger partial charge in [-0.25, -0.2) is 0 Å². The number of rotatable bonds is 2. The predicted octanol–water partition coefficient (Wildman–Crippen LogP) is 3.74. The van der Waals surface area contributed by atoms with E-state index in [1.165, 1.54) is 6.26 Å². The molecule has 2 aliphatic rings. The van der Waals surface area contributed by atoms with Crippen LogP contribution >= 0.6 is 0 Å². The lowest BCUT2D eigenvalue weighted by molar-refractivity contribution is -0.169. The minimum atomic E-state index is -4.80. The Balaban J connectivity index is 2.04. The van der Waals surface area contributed by atoms with Gasteiger partial charge in [0.15, 0.2) is 0 Å². The van der Waals surface area contributed by atoms with Crippen molar-refractivity contribution < 1.29 is 22.4 Å². The zero-order chi connectivity index (χ0) is 13.0. The third-order valence-electron chi connectivity index (χ3n) is 3.96. The van der Waals surface area contributed by atoms with Crippen LogP contribution in [-0.4, -0.2) is 12.0 Å². The Bertz CT molecular complexity index is 519. The van der Waals surface area contributed by atoms with Crippen molar-refractivity contribution in [1.29, 1.82) is 0 Å². The fourth-order valence-electron chi connectivity index (χ4n) is 2.94. The summed E-state index contributed by atoms with van der Waals surface area (Å²) in [5, 5.41) is 0. The number of Topliss-reactive ketones (excluding diaryl/α,β-unsaturated/α-hetero) is 1. The standard InChI is InChI=1S/C13H11F3O2/c14-13(15,16)11(17)10-8(9-3-1-6-18-9)7-12(10)4-2-5-12/h1,3,6H,2,4-5,7H2. The number of carbonyl (C=O) groups is 1. The lowest BCUT2D eigenvalue weighted by Gasteiger charge is -2.51. The first kappa shape index (κ1) is 11.6. The van der Waals surface area contributed by atoms with Gasteiger partial charge in [-0.3, -0.25) is 4.79 Å². The van der Waals surface area contributed by atoms with Crippen LogP contribution in [0.4, 0.5) is 13.2 Å². The van der Waals surface area contributed by atoms with E-state index in [9.17, 15) is 18.0 Å². The topological polar surface area (TPSA) is 30.2 Å². The van der Waals surface area contributed by atoms with Crippen molar-refractivity contribution in [3.05, 3.63) is 29.7 Å². The fraction of sp³-hybridized carbons (Fsp3) is 0.462. The minimum absolute atomic E-state index is 0.0591. The van der Waals surface area contributed by atoms with Crippen LogP contribution in [0.2, 0.25) is 0 Å². The quantitative estimate of drug-likeness (QED) is 0.806. The van der Waals surface area contributed by atoms with Crippen molar-refractivity contribution in [3.63, 3.8) is 0 Å². The molecule has 1 aromatic rings. The Kier molecular flexibility index (Phi) is 2.24. The third-order valence-corrected chi connectivity index (χ3v) is 3.96. The molecule has 2 aliphatic carbocycles. The molecule has 5 heteroatoms. The number of halogens is 3. The van der Waals surface area contributed by atoms with Gasteiger partial charge in [0.05, 0.1) is 6.26 Å². The van der Waals surface area contributed by atoms with E-state index in [1.54, 1.807) is 12.1 Å². The van der Waals surface area contributed by atoms with E-state index in [1.807, 2.05) is 0 Å². The molecule has 1 spiro atoms. The van der Waals surface area contributed by atoms with Crippen LogP contribution in [0.1, 0.15) is 31.4 Å². The molecular formula is C13H11F3O2. The van der Waals surface area contributed by atoms with Gasteiger partial charge >= 0.3 is 6.18 Å². The lowest BCUT2D eigenvalue weighted by Crippen LogP contribution is -2.46. The van der Waals surface area contributed by atoms with Crippen molar-refractivity contribution in [2.24, 2.45) is 5.41 Å². The Hall–Kier alpha value is -1.52. The molecule has 1 heterocycles. The lowest BCUT2D eigenvalue weighted by atomic mass is 9.51. The van der Waals surface area contributed by atoms with Gasteiger partial charge in [0.2, 0.25) is 0 Å². The summed E-state index contributed by atoms with van der Waals surface area (Å²) in [4.78, 5) is 11.5. The minimum Gasteiger partial charge on any atom is -0.465 e. The Morgan fingerprint density at radius 3 is 2.50 bits per heavy atom. The predicted molar refractivity (Wildman–Crippen MR) is 57.6 cm³/mol. The highest BCUT2D eigenvalue weighted by Gasteiger charge is 2.57. The molecule has 18 heavy (non-hydrogen) atoms. The Morgan fingerprint density at radius 2 is 2.06 bits per heavy atom. The van der Waals surface area contributed by atoms with Gasteiger partial charge in [-0.15, -0.1) is 0 Å². The summed E-state index contributed by atoms with van der Waals surface area (Å²) in [6, 6.07) is 3.22. The molecular weight excluding hydrogens is 245 g/mol. The number of allylic oxidation sites excluding steroid dienone is 2. The summed E-state index contributed by atoms with van der Waals surface area (Å²) in [6.07, 6.45) is -0.625. The average molecular weight is 256 g/mol. The molecule has 0 atom stereocenters. The van der Waals surface area contributed by atoms with Gasteiger partial charge in [-0.05, 0) is 31.4 Å². The van der Waals surface area contributed by atoms with E-state index in [2.05, 4.69) is 0 Å². The summed E-state index contributed by atoms with van der Waals surface area (Å²) in [5.74, 6) is -1.31. The molecule has 3 rings (SSSR count). The fourth-order valence-corrected chi connectivity index (χ4v) is 2.94. The van der Waals surface area contributed by atoms with Crippen molar-refractivity contribution in [2.75, 3.05) is 0 Å². The maximum atomic E-state index is 12.6. The number of furan rings is 1. The molecule has 1 fully saturated rings. The number of carbonyl (C=O) groups excluding carboxylic acids is 1. The molecule has 0 unspecified atom stereocenters. The van der Waals surface area contributed by atoms with Crippen molar-refractivity contribution in [3.8, 4) is 0 Å². The molecule has 0 aromatic carbocycles. The van der Waals surface area contributed by atoms with Crippen LogP contribution < -0.4 is 0 Å². The van der Waals surface area contributed by atoms with Crippen LogP contribution in [0.25, 0.3) is 5.57 Å². The molecule has 1 saturated carbocycles. The van der Waals surface area contributed by atoms with E-state index in [0.29, 0.717) is 30.6 Å². The molecule has 0 saturated heterocycles. The summed E-state index contributed by atoms with van der Waals surface area (Å²) < 4.78 is 43.0. The van der Waals surface area contributed by atoms with Crippen molar-refractivity contribution in [1.82, 2.24) is 0 Å². The van der Waals surface area contributed by atoms with Gasteiger partial charge < -0.3 is 4.42 Å². The summed E-state index contributed by atoms with van der Waals surface area (Å²) in [7, 11) is 0. The van der Waals surface area contributed by atoms with Gasteiger partial charge in [0, 0.05) is 16.6 Å². The van der Waals surface area contributed by atoms with Crippen LogP contribution in [-0.2, 0) is 4.79 Å². The second kappa shape index (κ2) is 3.49. The van der Waals surface area contributed by atoms with Crippen LogP contribution in [0.3, 0.4) is 0 Å². The average Bonchev–Trinajstić information content (AvgIpc) is 2.65. The number of alkyl halides is 3. The largest absolute Gasteiger partial charge is 0.465 e. The van der Waals surface area contributed by atoms with Gasteiger partial charge in [-0.1, -0.05) is 6.42 Å². The summed E-state index contributed by atoms with van der Waals surface area (Å²) in [5.41, 5.74) is -0.146. The molecule has 0 bridgehead atoms. The molecule has 0 N–H and O–H groups in total. The first-order valence-electron chi connectivity index (χ1n) is 5.83. The van der Waals surface area contributed by atoms with Gasteiger partial charge in [0.1, 0.15) is 5.76 Å². The van der Waals surface area contributed by atoms with Crippen LogP contribution in [0.15, 0.2) is 28.4 Å². The van der Waals surface area contributed by atoms with Gasteiger partial charge in [-0.2, -0.15) is 13.2 Å². The molecule has 0 radical (unpaired) electrons. The van der Waals surface area contributed by atoms with Crippen molar-refractivity contribution >= 4 is 11.4 Å². The SMILES string of the molecule is O=C(C1=C(c2ccco2)CC12CCC2)C(F)(F)F. The molecule has 0 amide bonds. The number of ketones is 1. The van der Waals surface area contributed by atoms with Crippen LogP contribution in [0, 0.1) is 5.41 Å². The Morgan fingerprint density at radius 1 is 1.33 bits per heavy atom. The first-order valence-corrected chi connectivity index (χ1v) is 5.83. The van der Waals surface area contributed by atoms with E-state index >= 15 is 0 Å². The van der Waals surface area contributed by atoms with E-state index in [-0.39, 0.29) is 5.57 Å². The highest BCUT2D eigenvalue weighted by atomic mass is 19.4. The highest BCUT2D eigenvalue weighted by Crippen LogP contribution is 2.63. The molecule has 0 aliphatic heterocycles. The first-order chi connectivity index (χ1) is 8.44. The third kappa shape index (κ3) is 1.46. The summed E-state index contributed by atoms with van der Waals surface area (Å²) >= 11 is 0. The van der Waals surface area contributed by atoms with E-state index < -0.39 is 17.4 Å². The van der Waals surface area contributed by atoms with E-state index in [4.69, 9.17) is 4.42 Å². The molecule has 96 valence electrons. The highest BCUT2D eigenvalue weighted by molar-refractivity contribution is 6.10. The van der Waals surface area contributed by atoms with E-state index in [0.717, 1.165) is 6.42 Å². The number of hydrogen-bond acceptors (Lipinski definition) is 2. The summed E-state index contributed by atoms with van der Waals surface area (Å²) in [6.45, 7) is 0. The van der Waals surface area contributed by atoms with Gasteiger partial charge in [0.25, 0.3) is 5.78 Å². The number of hydrogen-bond donors (Lipinski definition) is 0. The monoisotopic (exact) mass is 256 g/mol. The zero-order valence-electron chi connectivity index (χ0n) is 9.51. The molecule has 1 aromatic heterocycles. The maximum Gasteiger partial charge on any atom is 0.454 e. The van der Waals surface area contributed by atoms with Crippen LogP contribution in [0.5, 0.6) is 0 Å². The van der Waals surface area contributed by atoms with Crippen molar-refractivity contribution in [2.45, 2.75) is 31.9 Å². The smallest absolute Gasteiger partial charge is 0.454 e. The molecule has 2 nitrogen and oxygen atoms in total. The second-order valence-corrected chi connectivity index (χ2v) is 4.97. The normalized spacial score (nSPS) is 21.7.